The van der Waals surface area contributed by atoms with Gasteiger partial charge in [-0.3, -0.25) is 4.99 Å². The number of nitrogens with zero attached hydrogens (tertiary/aromatic N) is 2. The lowest BCUT2D eigenvalue weighted by molar-refractivity contribution is 0.0283. The number of guanidine groups is 1. The molecule has 0 aliphatic carbocycles. The maximum absolute atomic E-state index is 5.79. The van der Waals surface area contributed by atoms with Gasteiger partial charge in [0, 0.05) is 25.3 Å². The molecule has 1 saturated heterocycles. The molecule has 2 N–H and O–H groups in total. The zero-order valence-electron chi connectivity index (χ0n) is 14.9. The number of hydrogen-bond donors (Lipinski definition) is 2. The first-order valence-corrected chi connectivity index (χ1v) is 8.62. The molecule has 23 heavy (non-hydrogen) atoms. The van der Waals surface area contributed by atoms with Gasteiger partial charge in [-0.1, -0.05) is 5.16 Å². The molecule has 1 aliphatic heterocycles. The second-order valence-corrected chi connectivity index (χ2v) is 6.43. The van der Waals surface area contributed by atoms with Gasteiger partial charge in [-0.15, -0.1) is 0 Å². The van der Waals surface area contributed by atoms with Crippen molar-refractivity contribution in [3.63, 3.8) is 0 Å². The molecule has 0 spiro atoms. The third-order valence-electron chi connectivity index (χ3n) is 4.29. The average Bonchev–Trinajstić information content (AvgIpc) is 3.09. The third kappa shape index (κ3) is 5.23. The van der Waals surface area contributed by atoms with E-state index in [2.05, 4.69) is 34.6 Å². The Balaban J connectivity index is 1.78. The zero-order valence-corrected chi connectivity index (χ0v) is 14.9. The van der Waals surface area contributed by atoms with Crippen LogP contribution in [0.3, 0.4) is 0 Å². The van der Waals surface area contributed by atoms with Gasteiger partial charge in [0.25, 0.3) is 0 Å². The molecule has 1 aromatic rings. The second-order valence-electron chi connectivity index (χ2n) is 6.43. The number of rotatable bonds is 7. The summed E-state index contributed by atoms with van der Waals surface area (Å²) in [6.07, 6.45) is 4.20. The van der Waals surface area contributed by atoms with Gasteiger partial charge < -0.3 is 19.9 Å². The van der Waals surface area contributed by atoms with E-state index in [0.29, 0.717) is 6.54 Å². The Morgan fingerprint density at radius 3 is 2.78 bits per heavy atom. The minimum absolute atomic E-state index is 0.0982. The highest BCUT2D eigenvalue weighted by Gasteiger charge is 2.29. The number of aromatic nitrogens is 1. The van der Waals surface area contributed by atoms with Gasteiger partial charge in [-0.05, 0) is 53.4 Å². The van der Waals surface area contributed by atoms with Crippen LogP contribution in [0.5, 0.6) is 0 Å². The summed E-state index contributed by atoms with van der Waals surface area (Å²) < 4.78 is 11.0. The van der Waals surface area contributed by atoms with Gasteiger partial charge >= 0.3 is 0 Å². The standard InChI is InChI=1S/C17H30N4O2/c1-5-18-16(20-12-17(4)9-7-11-22-17)19-10-6-8-15-13(2)21-23-14(15)3/h5-12H2,1-4H3,(H2,18,19,20). The first-order chi connectivity index (χ1) is 11.0. The van der Waals surface area contributed by atoms with Crippen LogP contribution in [0.15, 0.2) is 9.52 Å². The summed E-state index contributed by atoms with van der Waals surface area (Å²) in [7, 11) is 0. The number of aliphatic imine (C=N–C) groups is 1. The normalized spacial score (nSPS) is 21.7. The molecule has 130 valence electrons. The first-order valence-electron chi connectivity index (χ1n) is 8.62. The summed E-state index contributed by atoms with van der Waals surface area (Å²) in [6.45, 7) is 11.5. The second kappa shape index (κ2) is 8.34. The van der Waals surface area contributed by atoms with E-state index in [1.165, 1.54) is 5.56 Å². The summed E-state index contributed by atoms with van der Waals surface area (Å²) in [6, 6.07) is 0. The lowest BCUT2D eigenvalue weighted by Gasteiger charge is -2.21. The summed E-state index contributed by atoms with van der Waals surface area (Å²) >= 11 is 0. The average molecular weight is 322 g/mol. The molecule has 1 fully saturated rings. The van der Waals surface area contributed by atoms with Gasteiger partial charge in [0.1, 0.15) is 5.76 Å². The number of ether oxygens (including phenoxy) is 1. The van der Waals surface area contributed by atoms with Crippen LogP contribution in [-0.2, 0) is 11.2 Å². The molecule has 0 bridgehead atoms. The Morgan fingerprint density at radius 1 is 1.35 bits per heavy atom. The molecule has 0 radical (unpaired) electrons. The lowest BCUT2D eigenvalue weighted by Crippen LogP contribution is -2.39. The summed E-state index contributed by atoms with van der Waals surface area (Å²) in [5, 5.41) is 10.7. The van der Waals surface area contributed by atoms with E-state index in [-0.39, 0.29) is 5.60 Å². The van der Waals surface area contributed by atoms with Gasteiger partial charge in [0.15, 0.2) is 5.96 Å². The van der Waals surface area contributed by atoms with Crippen molar-refractivity contribution in [3.05, 3.63) is 17.0 Å². The molecule has 2 rings (SSSR count). The Kier molecular flexibility index (Phi) is 6.45. The van der Waals surface area contributed by atoms with E-state index >= 15 is 0 Å². The summed E-state index contributed by atoms with van der Waals surface area (Å²) in [4.78, 5) is 4.68. The van der Waals surface area contributed by atoms with Crippen LogP contribution in [0.2, 0.25) is 0 Å². The van der Waals surface area contributed by atoms with Crippen molar-refractivity contribution in [2.75, 3.05) is 26.2 Å². The fourth-order valence-electron chi connectivity index (χ4n) is 2.88. The monoisotopic (exact) mass is 322 g/mol. The van der Waals surface area contributed by atoms with Crippen molar-refractivity contribution >= 4 is 5.96 Å². The Bertz CT molecular complexity index is 499. The van der Waals surface area contributed by atoms with Crippen LogP contribution in [-0.4, -0.2) is 43.0 Å². The molecule has 1 atom stereocenters. The number of aryl methyl sites for hydroxylation is 2. The first kappa shape index (κ1) is 17.8. The molecule has 2 heterocycles. The van der Waals surface area contributed by atoms with Gasteiger partial charge in [-0.2, -0.15) is 0 Å². The van der Waals surface area contributed by atoms with Crippen molar-refractivity contribution in [2.45, 2.75) is 59.0 Å². The number of hydrogen-bond acceptors (Lipinski definition) is 4. The zero-order chi connectivity index (χ0) is 16.7. The Labute approximate surface area is 139 Å². The van der Waals surface area contributed by atoms with Crippen molar-refractivity contribution in [3.8, 4) is 0 Å². The van der Waals surface area contributed by atoms with Crippen LogP contribution in [0.4, 0.5) is 0 Å². The topological polar surface area (TPSA) is 71.7 Å². The van der Waals surface area contributed by atoms with E-state index in [4.69, 9.17) is 9.26 Å². The molecule has 1 aliphatic rings. The maximum Gasteiger partial charge on any atom is 0.191 e. The van der Waals surface area contributed by atoms with Crippen molar-refractivity contribution in [1.29, 1.82) is 0 Å². The smallest absolute Gasteiger partial charge is 0.191 e. The van der Waals surface area contributed by atoms with E-state index in [1.54, 1.807) is 0 Å². The summed E-state index contributed by atoms with van der Waals surface area (Å²) in [5.41, 5.74) is 2.12. The van der Waals surface area contributed by atoms with Crippen molar-refractivity contribution in [2.24, 2.45) is 4.99 Å². The molecule has 1 unspecified atom stereocenters. The van der Waals surface area contributed by atoms with Crippen LogP contribution >= 0.6 is 0 Å². The van der Waals surface area contributed by atoms with Gasteiger partial charge in [0.2, 0.25) is 0 Å². The predicted molar refractivity (Wildman–Crippen MR) is 91.9 cm³/mol. The van der Waals surface area contributed by atoms with Gasteiger partial charge in [-0.25, -0.2) is 0 Å². The molecule has 0 saturated carbocycles. The lowest BCUT2D eigenvalue weighted by atomic mass is 10.0. The van der Waals surface area contributed by atoms with E-state index in [0.717, 1.165) is 62.8 Å². The van der Waals surface area contributed by atoms with Crippen LogP contribution in [0.25, 0.3) is 0 Å². The number of nitrogens with one attached hydrogen (secondary N) is 2. The largest absolute Gasteiger partial charge is 0.373 e. The maximum atomic E-state index is 5.79. The molecule has 1 aromatic heterocycles. The Morgan fingerprint density at radius 2 is 2.17 bits per heavy atom. The quantitative estimate of drug-likeness (QED) is 0.458. The fourth-order valence-corrected chi connectivity index (χ4v) is 2.88. The molecule has 6 heteroatoms. The third-order valence-corrected chi connectivity index (χ3v) is 4.29. The van der Waals surface area contributed by atoms with Crippen LogP contribution in [0, 0.1) is 13.8 Å². The molecular formula is C17H30N4O2. The SMILES string of the molecule is CCNC(=NCC1(C)CCCO1)NCCCc1c(C)noc1C. The fraction of sp³-hybridized carbons (Fsp3) is 0.765. The van der Waals surface area contributed by atoms with E-state index < -0.39 is 0 Å². The highest BCUT2D eigenvalue weighted by molar-refractivity contribution is 5.79. The molecule has 0 aromatic carbocycles. The predicted octanol–water partition coefficient (Wildman–Crippen LogP) is 2.35. The highest BCUT2D eigenvalue weighted by atomic mass is 16.5. The van der Waals surface area contributed by atoms with E-state index in [9.17, 15) is 0 Å². The Hall–Kier alpha value is -1.56. The molecule has 6 nitrogen and oxygen atoms in total. The van der Waals surface area contributed by atoms with Crippen molar-refractivity contribution in [1.82, 2.24) is 15.8 Å². The van der Waals surface area contributed by atoms with Crippen LogP contribution in [0.1, 0.15) is 50.1 Å². The van der Waals surface area contributed by atoms with E-state index in [1.807, 2.05) is 13.8 Å². The summed E-state index contributed by atoms with van der Waals surface area (Å²) in [5.74, 6) is 1.79. The van der Waals surface area contributed by atoms with Crippen molar-refractivity contribution < 1.29 is 9.26 Å². The van der Waals surface area contributed by atoms with Crippen LogP contribution < -0.4 is 10.6 Å². The molecule has 0 amide bonds. The van der Waals surface area contributed by atoms with Gasteiger partial charge in [0.05, 0.1) is 17.8 Å². The minimum atomic E-state index is -0.0982. The highest BCUT2D eigenvalue weighted by Crippen LogP contribution is 2.24. The molecular weight excluding hydrogens is 292 g/mol. The minimum Gasteiger partial charge on any atom is -0.373 e.